The molecule has 0 aromatic carbocycles. The number of carboxylic acids is 1. The van der Waals surface area contributed by atoms with Crippen molar-refractivity contribution in [2.45, 2.75) is 50.7 Å². The third kappa shape index (κ3) is 3.27. The number of carbonyl (C=O) groups is 1. The molecule has 0 amide bonds. The minimum atomic E-state index is -0.774. The standard InChI is InChI=1S/C14H25NO4/c1-10-4-7-15(12(10)8-16)9-14(19)5-2-11(3-6-14)13(17)18/h10-12,16,19H,2-9H2,1H3,(H,17,18). The van der Waals surface area contributed by atoms with Gasteiger partial charge in [-0.1, -0.05) is 6.92 Å². The fraction of sp³-hybridized carbons (Fsp3) is 0.929. The topological polar surface area (TPSA) is 81.0 Å². The number of rotatable bonds is 4. The second-order valence-corrected chi connectivity index (χ2v) is 6.32. The Bertz CT molecular complexity index is 325. The number of aliphatic hydroxyl groups is 2. The Hall–Kier alpha value is -0.650. The fourth-order valence-electron chi connectivity index (χ4n) is 3.52. The largest absolute Gasteiger partial charge is 0.481 e. The molecule has 0 spiro atoms. The lowest BCUT2D eigenvalue weighted by Crippen LogP contribution is -2.49. The van der Waals surface area contributed by atoms with Crippen LogP contribution in [0.15, 0.2) is 0 Å². The molecule has 1 saturated heterocycles. The Balaban J connectivity index is 1.90. The van der Waals surface area contributed by atoms with Crippen molar-refractivity contribution in [3.63, 3.8) is 0 Å². The monoisotopic (exact) mass is 271 g/mol. The van der Waals surface area contributed by atoms with Gasteiger partial charge in [0.1, 0.15) is 0 Å². The SMILES string of the molecule is CC1CCN(CC2(O)CCC(C(=O)O)CC2)C1CO. The molecule has 3 N–H and O–H groups in total. The van der Waals surface area contributed by atoms with Gasteiger partial charge in [-0.05, 0) is 44.6 Å². The van der Waals surface area contributed by atoms with Crippen molar-refractivity contribution in [1.82, 2.24) is 4.90 Å². The van der Waals surface area contributed by atoms with Crippen LogP contribution >= 0.6 is 0 Å². The van der Waals surface area contributed by atoms with Crippen LogP contribution in [0.25, 0.3) is 0 Å². The summed E-state index contributed by atoms with van der Waals surface area (Å²) in [7, 11) is 0. The molecule has 2 aliphatic rings. The molecular formula is C14H25NO4. The van der Waals surface area contributed by atoms with Crippen molar-refractivity contribution in [3.8, 4) is 0 Å². The maximum Gasteiger partial charge on any atom is 0.306 e. The smallest absolute Gasteiger partial charge is 0.306 e. The fourth-order valence-corrected chi connectivity index (χ4v) is 3.52. The molecule has 2 unspecified atom stereocenters. The van der Waals surface area contributed by atoms with Gasteiger partial charge in [-0.3, -0.25) is 9.69 Å². The lowest BCUT2D eigenvalue weighted by atomic mass is 9.78. The normalized spacial score (nSPS) is 40.5. The molecule has 1 aliphatic carbocycles. The summed E-state index contributed by atoms with van der Waals surface area (Å²) >= 11 is 0. The molecule has 0 bridgehead atoms. The molecule has 2 rings (SSSR count). The maximum absolute atomic E-state index is 10.9. The lowest BCUT2D eigenvalue weighted by molar-refractivity contribution is -0.145. The molecule has 5 heteroatoms. The van der Waals surface area contributed by atoms with Crippen LogP contribution in [0.2, 0.25) is 0 Å². The van der Waals surface area contributed by atoms with Crippen molar-refractivity contribution in [3.05, 3.63) is 0 Å². The van der Waals surface area contributed by atoms with E-state index in [9.17, 15) is 15.0 Å². The van der Waals surface area contributed by atoms with Gasteiger partial charge >= 0.3 is 5.97 Å². The van der Waals surface area contributed by atoms with Crippen molar-refractivity contribution >= 4 is 5.97 Å². The molecule has 2 fully saturated rings. The Morgan fingerprint density at radius 3 is 2.47 bits per heavy atom. The first-order valence-corrected chi connectivity index (χ1v) is 7.25. The Kier molecular flexibility index (Phi) is 4.48. The summed E-state index contributed by atoms with van der Waals surface area (Å²) in [5.41, 5.74) is -0.774. The molecule has 110 valence electrons. The van der Waals surface area contributed by atoms with Crippen LogP contribution in [0.1, 0.15) is 39.0 Å². The van der Waals surface area contributed by atoms with Gasteiger partial charge < -0.3 is 15.3 Å². The van der Waals surface area contributed by atoms with E-state index in [1.165, 1.54) is 0 Å². The number of aliphatic hydroxyl groups excluding tert-OH is 1. The van der Waals surface area contributed by atoms with Gasteiger partial charge in [0.15, 0.2) is 0 Å². The van der Waals surface area contributed by atoms with Crippen molar-refractivity contribution in [2.24, 2.45) is 11.8 Å². The number of likely N-dealkylation sites (tertiary alicyclic amines) is 1. The Morgan fingerprint density at radius 2 is 1.95 bits per heavy atom. The van der Waals surface area contributed by atoms with Crippen LogP contribution in [-0.4, -0.2) is 57.5 Å². The zero-order chi connectivity index (χ0) is 14.0. The van der Waals surface area contributed by atoms with Gasteiger partial charge in [0.25, 0.3) is 0 Å². The van der Waals surface area contributed by atoms with Gasteiger partial charge in [0, 0.05) is 12.6 Å². The Morgan fingerprint density at radius 1 is 1.32 bits per heavy atom. The summed E-state index contributed by atoms with van der Waals surface area (Å²) in [4.78, 5) is 13.1. The van der Waals surface area contributed by atoms with Crippen LogP contribution in [0, 0.1) is 11.8 Å². The number of nitrogens with zero attached hydrogens (tertiary/aromatic N) is 1. The molecule has 0 aromatic rings. The van der Waals surface area contributed by atoms with Crippen molar-refractivity contribution < 1.29 is 20.1 Å². The highest BCUT2D eigenvalue weighted by Gasteiger charge is 2.40. The Labute approximate surface area is 114 Å². The minimum Gasteiger partial charge on any atom is -0.481 e. The van der Waals surface area contributed by atoms with Crippen LogP contribution < -0.4 is 0 Å². The molecule has 5 nitrogen and oxygen atoms in total. The van der Waals surface area contributed by atoms with Crippen LogP contribution in [-0.2, 0) is 4.79 Å². The highest BCUT2D eigenvalue weighted by molar-refractivity contribution is 5.70. The molecule has 0 radical (unpaired) electrons. The molecule has 1 aliphatic heterocycles. The van der Waals surface area contributed by atoms with Crippen LogP contribution in [0.4, 0.5) is 0 Å². The molecule has 0 aromatic heterocycles. The third-order valence-electron chi connectivity index (χ3n) is 4.95. The molecule has 1 saturated carbocycles. The minimum absolute atomic E-state index is 0.134. The summed E-state index contributed by atoms with van der Waals surface area (Å²) in [5, 5.41) is 29.0. The summed E-state index contributed by atoms with van der Waals surface area (Å²) in [6.07, 6.45) is 3.26. The van der Waals surface area contributed by atoms with E-state index in [4.69, 9.17) is 5.11 Å². The van der Waals surface area contributed by atoms with Crippen LogP contribution in [0.3, 0.4) is 0 Å². The predicted molar refractivity (Wildman–Crippen MR) is 70.8 cm³/mol. The molecule has 1 heterocycles. The van der Waals surface area contributed by atoms with E-state index in [0.29, 0.717) is 38.1 Å². The van der Waals surface area contributed by atoms with E-state index in [-0.39, 0.29) is 18.6 Å². The summed E-state index contributed by atoms with van der Waals surface area (Å²) in [6.45, 7) is 3.74. The van der Waals surface area contributed by atoms with E-state index < -0.39 is 11.6 Å². The van der Waals surface area contributed by atoms with Crippen molar-refractivity contribution in [2.75, 3.05) is 19.7 Å². The second kappa shape index (κ2) is 5.77. The van der Waals surface area contributed by atoms with Gasteiger partial charge in [0.2, 0.25) is 0 Å². The van der Waals surface area contributed by atoms with Crippen LogP contribution in [0.5, 0.6) is 0 Å². The van der Waals surface area contributed by atoms with E-state index in [0.717, 1.165) is 13.0 Å². The van der Waals surface area contributed by atoms with Gasteiger partial charge in [-0.25, -0.2) is 0 Å². The van der Waals surface area contributed by atoms with E-state index in [1.807, 2.05) is 0 Å². The van der Waals surface area contributed by atoms with E-state index in [1.54, 1.807) is 0 Å². The average molecular weight is 271 g/mol. The number of hydrogen-bond donors (Lipinski definition) is 3. The first-order chi connectivity index (χ1) is 8.95. The number of carboxylic acid groups (broad SMARTS) is 1. The second-order valence-electron chi connectivity index (χ2n) is 6.32. The first kappa shape index (κ1) is 14.8. The van der Waals surface area contributed by atoms with Gasteiger partial charge in [-0.2, -0.15) is 0 Å². The van der Waals surface area contributed by atoms with Gasteiger partial charge in [-0.15, -0.1) is 0 Å². The quantitative estimate of drug-likeness (QED) is 0.701. The number of hydrogen-bond acceptors (Lipinski definition) is 4. The van der Waals surface area contributed by atoms with E-state index >= 15 is 0 Å². The predicted octanol–water partition coefficient (Wildman–Crippen LogP) is 0.695. The highest BCUT2D eigenvalue weighted by Crippen LogP contribution is 2.35. The molecule has 19 heavy (non-hydrogen) atoms. The van der Waals surface area contributed by atoms with E-state index in [2.05, 4.69) is 11.8 Å². The number of β-amino-alcohol motifs (C(OH)–C–C–N with tert-alkyl or cyclic N) is 1. The maximum atomic E-state index is 10.9. The summed E-state index contributed by atoms with van der Waals surface area (Å²) < 4.78 is 0. The zero-order valence-electron chi connectivity index (χ0n) is 11.6. The number of aliphatic carboxylic acids is 1. The molecule has 2 atom stereocenters. The average Bonchev–Trinajstić information content (AvgIpc) is 2.69. The molecular weight excluding hydrogens is 246 g/mol. The summed E-state index contributed by atoms with van der Waals surface area (Å²) in [6, 6.07) is 0.140. The highest BCUT2D eigenvalue weighted by atomic mass is 16.4. The lowest BCUT2D eigenvalue weighted by Gasteiger charge is -2.39. The third-order valence-corrected chi connectivity index (χ3v) is 4.95. The van der Waals surface area contributed by atoms with Gasteiger partial charge in [0.05, 0.1) is 18.1 Å². The zero-order valence-corrected chi connectivity index (χ0v) is 11.6. The summed E-state index contributed by atoms with van der Waals surface area (Å²) in [5.74, 6) is -0.583. The van der Waals surface area contributed by atoms with Crippen molar-refractivity contribution in [1.29, 1.82) is 0 Å². The first-order valence-electron chi connectivity index (χ1n) is 7.25.